The van der Waals surface area contributed by atoms with E-state index in [4.69, 9.17) is 5.11 Å². The normalized spacial score (nSPS) is 12.2. The van der Waals surface area contributed by atoms with Crippen LogP contribution in [0.1, 0.15) is 31.5 Å². The Balaban J connectivity index is 2.13. The van der Waals surface area contributed by atoms with Crippen molar-refractivity contribution >= 4 is 27.3 Å². The molecule has 2 heterocycles. The highest BCUT2D eigenvalue weighted by Crippen LogP contribution is 2.23. The molecular formula is C17H20N4O2S. The number of nitrogens with one attached hydrogen (secondary N) is 1. The van der Waals surface area contributed by atoms with E-state index in [0.717, 1.165) is 28.8 Å². The van der Waals surface area contributed by atoms with Gasteiger partial charge in [-0.2, -0.15) is 4.68 Å². The maximum absolute atomic E-state index is 12.9. The topological polar surface area (TPSA) is 83.3 Å². The number of aromatic amines is 1. The second kappa shape index (κ2) is 7.11. The SMILES string of the molecule is CCCc1[nH]n(-c2nc3ccccc3s2)c(=O)c1C(C)=NCCO. The Bertz CT molecular complexity index is 903. The Morgan fingerprint density at radius 3 is 2.92 bits per heavy atom. The molecule has 3 aromatic rings. The van der Waals surface area contributed by atoms with Gasteiger partial charge in [-0.3, -0.25) is 14.9 Å². The lowest BCUT2D eigenvalue weighted by Crippen LogP contribution is -2.20. The molecule has 0 aliphatic rings. The minimum absolute atomic E-state index is 0.0308. The van der Waals surface area contributed by atoms with Crippen molar-refractivity contribution < 1.29 is 5.11 Å². The Labute approximate surface area is 143 Å². The van der Waals surface area contributed by atoms with Gasteiger partial charge >= 0.3 is 0 Å². The summed E-state index contributed by atoms with van der Waals surface area (Å²) in [5.74, 6) is 0. The lowest BCUT2D eigenvalue weighted by Gasteiger charge is -2.00. The predicted molar refractivity (Wildman–Crippen MR) is 97.7 cm³/mol. The van der Waals surface area contributed by atoms with Gasteiger partial charge < -0.3 is 5.11 Å². The van der Waals surface area contributed by atoms with Crippen LogP contribution in [-0.2, 0) is 6.42 Å². The zero-order valence-corrected chi connectivity index (χ0v) is 14.6. The van der Waals surface area contributed by atoms with Crippen molar-refractivity contribution in [3.63, 3.8) is 0 Å². The third-order valence-corrected chi connectivity index (χ3v) is 4.77. The number of benzene rings is 1. The Kier molecular flexibility index (Phi) is 4.92. The lowest BCUT2D eigenvalue weighted by molar-refractivity contribution is 0.307. The molecular weight excluding hydrogens is 324 g/mol. The molecule has 2 N–H and O–H groups in total. The molecule has 0 spiro atoms. The maximum atomic E-state index is 12.9. The molecule has 6 nitrogen and oxygen atoms in total. The highest BCUT2D eigenvalue weighted by molar-refractivity contribution is 7.20. The van der Waals surface area contributed by atoms with Crippen LogP contribution in [0.15, 0.2) is 34.1 Å². The summed E-state index contributed by atoms with van der Waals surface area (Å²) in [7, 11) is 0. The van der Waals surface area contributed by atoms with Gasteiger partial charge in [0.25, 0.3) is 5.56 Å². The van der Waals surface area contributed by atoms with Crippen molar-refractivity contribution in [3.8, 4) is 5.13 Å². The van der Waals surface area contributed by atoms with Crippen LogP contribution >= 0.6 is 11.3 Å². The molecule has 3 rings (SSSR count). The number of aromatic nitrogens is 3. The van der Waals surface area contributed by atoms with E-state index in [0.29, 0.717) is 23.0 Å². The van der Waals surface area contributed by atoms with E-state index in [-0.39, 0.29) is 12.2 Å². The van der Waals surface area contributed by atoms with Crippen LogP contribution in [0.4, 0.5) is 0 Å². The summed E-state index contributed by atoms with van der Waals surface area (Å²) >= 11 is 1.47. The first kappa shape index (κ1) is 16.6. The number of rotatable bonds is 6. The molecule has 0 atom stereocenters. The van der Waals surface area contributed by atoms with Gasteiger partial charge in [-0.25, -0.2) is 4.98 Å². The van der Waals surface area contributed by atoms with Gasteiger partial charge in [0.05, 0.1) is 28.9 Å². The number of para-hydroxylation sites is 1. The zero-order chi connectivity index (χ0) is 17.1. The van der Waals surface area contributed by atoms with Crippen molar-refractivity contribution in [1.29, 1.82) is 0 Å². The molecule has 0 radical (unpaired) electrons. The first-order valence-corrected chi connectivity index (χ1v) is 8.79. The van der Waals surface area contributed by atoms with Crippen molar-refractivity contribution in [2.45, 2.75) is 26.7 Å². The highest BCUT2D eigenvalue weighted by atomic mass is 32.1. The highest BCUT2D eigenvalue weighted by Gasteiger charge is 2.19. The molecule has 1 aromatic carbocycles. The third-order valence-electron chi connectivity index (χ3n) is 3.75. The fourth-order valence-corrected chi connectivity index (χ4v) is 3.60. The average Bonchev–Trinajstić information content (AvgIpc) is 3.14. The van der Waals surface area contributed by atoms with Crippen molar-refractivity contribution in [2.75, 3.05) is 13.2 Å². The van der Waals surface area contributed by atoms with Crippen LogP contribution in [-0.4, -0.2) is 38.7 Å². The zero-order valence-electron chi connectivity index (χ0n) is 13.7. The van der Waals surface area contributed by atoms with E-state index in [1.54, 1.807) is 0 Å². The standard InChI is InChI=1S/C17H20N4O2S/c1-3-6-13-15(11(2)18-9-10-22)16(23)21(20-13)17-19-12-7-4-5-8-14(12)24-17/h4-5,7-8,20,22H,3,6,9-10H2,1-2H3. The molecule has 126 valence electrons. The molecule has 24 heavy (non-hydrogen) atoms. The van der Waals surface area contributed by atoms with Gasteiger partial charge in [0.1, 0.15) is 0 Å². The summed E-state index contributed by atoms with van der Waals surface area (Å²) in [6.07, 6.45) is 1.68. The van der Waals surface area contributed by atoms with Crippen LogP contribution in [0, 0.1) is 0 Å². The van der Waals surface area contributed by atoms with Crippen LogP contribution in [0.2, 0.25) is 0 Å². The van der Waals surface area contributed by atoms with Gasteiger partial charge in [-0.05, 0) is 25.5 Å². The minimum Gasteiger partial charge on any atom is -0.394 e. The lowest BCUT2D eigenvalue weighted by atomic mass is 10.1. The van der Waals surface area contributed by atoms with E-state index in [9.17, 15) is 4.79 Å². The number of thiazole rings is 1. The van der Waals surface area contributed by atoms with Gasteiger partial charge in [0.15, 0.2) is 0 Å². The van der Waals surface area contributed by atoms with Crippen LogP contribution < -0.4 is 5.56 Å². The van der Waals surface area contributed by atoms with Crippen LogP contribution in [0.25, 0.3) is 15.3 Å². The quantitative estimate of drug-likeness (QED) is 0.674. The number of aliphatic hydroxyl groups is 1. The number of aliphatic hydroxyl groups excluding tert-OH is 1. The minimum atomic E-state index is -0.142. The largest absolute Gasteiger partial charge is 0.394 e. The van der Waals surface area contributed by atoms with Gasteiger partial charge in [-0.15, -0.1) is 0 Å². The number of aliphatic imine (C=N–C) groups is 1. The number of aryl methyl sites for hydroxylation is 1. The third kappa shape index (κ3) is 3.05. The molecule has 2 aromatic heterocycles. The molecule has 0 amide bonds. The molecule has 0 fully saturated rings. The summed E-state index contributed by atoms with van der Waals surface area (Å²) in [6.45, 7) is 4.14. The van der Waals surface area contributed by atoms with Gasteiger partial charge in [0.2, 0.25) is 5.13 Å². The molecule has 0 aliphatic carbocycles. The van der Waals surface area contributed by atoms with Crippen LogP contribution in [0.5, 0.6) is 0 Å². The second-order valence-corrected chi connectivity index (χ2v) is 6.52. The van der Waals surface area contributed by atoms with Crippen molar-refractivity contribution in [1.82, 2.24) is 14.8 Å². The predicted octanol–water partition coefficient (Wildman–Crippen LogP) is 2.53. The molecule has 0 unspecified atom stereocenters. The molecule has 0 saturated carbocycles. The Hall–Kier alpha value is -2.25. The number of H-pyrrole nitrogens is 1. The Morgan fingerprint density at radius 1 is 1.42 bits per heavy atom. The summed E-state index contributed by atoms with van der Waals surface area (Å²) in [6, 6.07) is 7.82. The van der Waals surface area contributed by atoms with E-state index in [2.05, 4.69) is 22.0 Å². The van der Waals surface area contributed by atoms with E-state index >= 15 is 0 Å². The Morgan fingerprint density at radius 2 is 2.21 bits per heavy atom. The average molecular weight is 344 g/mol. The fraction of sp³-hybridized carbons (Fsp3) is 0.353. The molecule has 0 bridgehead atoms. The van der Waals surface area contributed by atoms with Crippen molar-refractivity contribution in [2.24, 2.45) is 4.99 Å². The van der Waals surface area contributed by atoms with Crippen LogP contribution in [0.3, 0.4) is 0 Å². The first-order valence-electron chi connectivity index (χ1n) is 7.97. The van der Waals surface area contributed by atoms with Gasteiger partial charge in [-0.1, -0.05) is 36.8 Å². The molecule has 0 aliphatic heterocycles. The van der Waals surface area contributed by atoms with E-state index in [1.165, 1.54) is 16.0 Å². The number of hydrogen-bond acceptors (Lipinski definition) is 5. The number of hydrogen-bond donors (Lipinski definition) is 2. The summed E-state index contributed by atoms with van der Waals surface area (Å²) in [5.41, 5.74) is 2.83. The molecule has 7 heteroatoms. The second-order valence-electron chi connectivity index (χ2n) is 5.51. The van der Waals surface area contributed by atoms with E-state index < -0.39 is 0 Å². The smallest absolute Gasteiger partial charge is 0.282 e. The molecule has 0 saturated heterocycles. The summed E-state index contributed by atoms with van der Waals surface area (Å²) < 4.78 is 2.54. The fourth-order valence-electron chi connectivity index (χ4n) is 2.67. The monoisotopic (exact) mass is 344 g/mol. The summed E-state index contributed by atoms with van der Waals surface area (Å²) in [5, 5.41) is 12.8. The van der Waals surface area contributed by atoms with Gasteiger partial charge in [0, 0.05) is 11.4 Å². The number of fused-ring (bicyclic) bond motifs is 1. The number of nitrogens with zero attached hydrogens (tertiary/aromatic N) is 3. The maximum Gasteiger partial charge on any atom is 0.282 e. The van der Waals surface area contributed by atoms with E-state index in [1.807, 2.05) is 31.2 Å². The van der Waals surface area contributed by atoms with Crippen molar-refractivity contribution in [3.05, 3.63) is 45.9 Å². The first-order chi connectivity index (χ1) is 11.7. The summed E-state index contributed by atoms with van der Waals surface area (Å²) in [4.78, 5) is 21.7.